The Kier molecular flexibility index (Phi) is 3.96. The van der Waals surface area contributed by atoms with Crippen LogP contribution < -0.4 is 5.56 Å². The molecule has 1 aliphatic rings. The maximum absolute atomic E-state index is 12.4. The number of carbonyl (C=O) groups excluding carboxylic acids is 1. The van der Waals surface area contributed by atoms with Crippen LogP contribution in [0, 0.1) is 16.0 Å². The number of fused-ring (bicyclic) bond motifs is 1. The van der Waals surface area contributed by atoms with Gasteiger partial charge in [0.2, 0.25) is 0 Å². The highest BCUT2D eigenvalue weighted by molar-refractivity contribution is 5.77. The third-order valence-electron chi connectivity index (χ3n) is 4.64. The molecule has 0 bridgehead atoms. The van der Waals surface area contributed by atoms with Crippen LogP contribution in [0.5, 0.6) is 0 Å². The van der Waals surface area contributed by atoms with E-state index in [2.05, 4.69) is 10.2 Å². The fraction of sp³-hybridized carbons (Fsp3) is 0.375. The van der Waals surface area contributed by atoms with Gasteiger partial charge in [-0.15, -0.1) is 0 Å². The highest BCUT2D eigenvalue weighted by Gasteiger charge is 2.51. The highest BCUT2D eigenvalue weighted by Crippen LogP contribution is 2.44. The number of hydrogen-bond acceptors (Lipinski definition) is 6. The minimum atomic E-state index is -1.50. The number of benzene rings is 1. The van der Waals surface area contributed by atoms with Gasteiger partial charge in [0, 0.05) is 35.7 Å². The van der Waals surface area contributed by atoms with Gasteiger partial charge in [-0.1, -0.05) is 12.1 Å². The van der Waals surface area contributed by atoms with E-state index in [-0.39, 0.29) is 17.7 Å². The Bertz CT molecular complexity index is 897. The Balaban J connectivity index is 2.26. The molecule has 0 radical (unpaired) electrons. The Labute approximate surface area is 141 Å². The number of carbonyl (C=O) groups is 1. The van der Waals surface area contributed by atoms with Crippen molar-refractivity contribution in [3.05, 3.63) is 61.6 Å². The molecule has 3 N–H and O–H groups in total. The summed E-state index contributed by atoms with van der Waals surface area (Å²) in [4.78, 5) is 35.2. The molecule has 25 heavy (non-hydrogen) atoms. The Morgan fingerprint density at radius 3 is 2.80 bits per heavy atom. The van der Waals surface area contributed by atoms with E-state index in [4.69, 9.17) is 4.74 Å². The molecular weight excluding hydrogens is 330 g/mol. The second kappa shape index (κ2) is 5.85. The van der Waals surface area contributed by atoms with Crippen LogP contribution >= 0.6 is 0 Å². The van der Waals surface area contributed by atoms with Crippen LogP contribution in [0.3, 0.4) is 0 Å². The fourth-order valence-corrected chi connectivity index (χ4v) is 3.57. The monoisotopic (exact) mass is 347 g/mol. The SMILES string of the molecule is COC(=O)C1C(c2cccc([N+](=O)[O-])c2)c2c([nH][nH]c2=O)CC1(C)O. The zero-order chi connectivity index (χ0) is 18.4. The van der Waals surface area contributed by atoms with Crippen LogP contribution in [0.1, 0.15) is 29.7 Å². The number of aromatic amines is 2. The van der Waals surface area contributed by atoms with Crippen molar-refractivity contribution in [1.29, 1.82) is 0 Å². The van der Waals surface area contributed by atoms with Gasteiger partial charge in [-0.25, -0.2) is 0 Å². The Morgan fingerprint density at radius 2 is 2.16 bits per heavy atom. The number of non-ortho nitro benzene ring substituents is 1. The van der Waals surface area contributed by atoms with Gasteiger partial charge in [0.05, 0.1) is 23.6 Å². The van der Waals surface area contributed by atoms with Gasteiger partial charge in [0.25, 0.3) is 11.2 Å². The number of methoxy groups -OCH3 is 1. The molecule has 0 spiro atoms. The molecule has 9 heteroatoms. The van der Waals surface area contributed by atoms with E-state index in [9.17, 15) is 24.8 Å². The Morgan fingerprint density at radius 1 is 1.44 bits per heavy atom. The summed E-state index contributed by atoms with van der Waals surface area (Å²) >= 11 is 0. The minimum Gasteiger partial charge on any atom is -0.469 e. The van der Waals surface area contributed by atoms with Crippen molar-refractivity contribution in [2.24, 2.45) is 5.92 Å². The molecular formula is C16H17N3O6. The number of nitrogens with zero attached hydrogens (tertiary/aromatic N) is 1. The van der Waals surface area contributed by atoms with Gasteiger partial charge >= 0.3 is 5.97 Å². The number of rotatable bonds is 3. The third kappa shape index (κ3) is 2.72. The summed E-state index contributed by atoms with van der Waals surface area (Å²) in [5.41, 5.74) is -0.971. The third-order valence-corrected chi connectivity index (χ3v) is 4.64. The summed E-state index contributed by atoms with van der Waals surface area (Å²) in [5, 5.41) is 27.1. The number of H-pyrrole nitrogens is 2. The molecule has 1 aromatic heterocycles. The zero-order valence-corrected chi connectivity index (χ0v) is 13.6. The van der Waals surface area contributed by atoms with E-state index in [1.165, 1.54) is 32.2 Å². The molecule has 3 unspecified atom stereocenters. The van der Waals surface area contributed by atoms with Gasteiger partial charge in [-0.05, 0) is 12.5 Å². The van der Waals surface area contributed by atoms with E-state index in [1.54, 1.807) is 6.07 Å². The molecule has 1 aromatic carbocycles. The minimum absolute atomic E-state index is 0.0479. The molecule has 0 amide bonds. The number of nitro groups is 1. The number of ether oxygens (including phenoxy) is 1. The zero-order valence-electron chi connectivity index (χ0n) is 13.6. The normalized spacial score (nSPS) is 25.2. The van der Waals surface area contributed by atoms with Crippen molar-refractivity contribution in [2.45, 2.75) is 24.9 Å². The molecule has 1 aliphatic carbocycles. The quantitative estimate of drug-likeness (QED) is 0.427. The standard InChI is InChI=1S/C16H17N3O6/c1-16(22)7-10-12(14(20)18-17-10)11(13(16)15(21)25-2)8-4-3-5-9(6-8)19(23)24/h3-6,11,13,22H,7H2,1-2H3,(H2,17,18,20). The van der Waals surface area contributed by atoms with Gasteiger partial charge < -0.3 is 14.9 Å². The smallest absolute Gasteiger partial charge is 0.312 e. The number of aliphatic hydroxyl groups is 1. The second-order valence-corrected chi connectivity index (χ2v) is 6.34. The average molecular weight is 347 g/mol. The molecule has 9 nitrogen and oxygen atoms in total. The van der Waals surface area contributed by atoms with Crippen molar-refractivity contribution in [3.63, 3.8) is 0 Å². The van der Waals surface area contributed by atoms with Gasteiger partial charge in [-0.3, -0.25) is 24.8 Å². The van der Waals surface area contributed by atoms with Crippen LogP contribution in [0.25, 0.3) is 0 Å². The van der Waals surface area contributed by atoms with E-state index in [0.717, 1.165) is 0 Å². The number of aromatic nitrogens is 2. The summed E-state index contributed by atoms with van der Waals surface area (Å²) in [6.07, 6.45) is 0.0479. The first-order valence-electron chi connectivity index (χ1n) is 7.60. The topological polar surface area (TPSA) is 138 Å². The predicted octanol–water partition coefficient (Wildman–Crippen LogP) is 0.839. The second-order valence-electron chi connectivity index (χ2n) is 6.34. The molecule has 3 atom stereocenters. The molecule has 3 rings (SSSR count). The van der Waals surface area contributed by atoms with Gasteiger partial charge in [0.1, 0.15) is 0 Å². The average Bonchev–Trinajstić information content (AvgIpc) is 2.92. The summed E-state index contributed by atoms with van der Waals surface area (Å²) < 4.78 is 4.83. The maximum atomic E-state index is 12.4. The summed E-state index contributed by atoms with van der Waals surface area (Å²) in [6, 6.07) is 5.69. The maximum Gasteiger partial charge on any atom is 0.312 e. The van der Waals surface area contributed by atoms with Crippen molar-refractivity contribution >= 4 is 11.7 Å². The molecule has 2 aromatic rings. The first-order valence-corrected chi connectivity index (χ1v) is 7.60. The lowest BCUT2D eigenvalue weighted by molar-refractivity contribution is -0.384. The molecule has 0 saturated carbocycles. The lowest BCUT2D eigenvalue weighted by atomic mass is 9.66. The first kappa shape index (κ1) is 16.9. The largest absolute Gasteiger partial charge is 0.469 e. The lowest BCUT2D eigenvalue weighted by Crippen LogP contribution is -2.49. The molecule has 0 fully saturated rings. The van der Waals surface area contributed by atoms with Crippen LogP contribution in [0.4, 0.5) is 5.69 Å². The molecule has 132 valence electrons. The molecule has 0 aliphatic heterocycles. The lowest BCUT2D eigenvalue weighted by Gasteiger charge is -2.40. The Hall–Kier alpha value is -2.94. The van der Waals surface area contributed by atoms with E-state index < -0.39 is 33.9 Å². The van der Waals surface area contributed by atoms with Crippen molar-refractivity contribution in [3.8, 4) is 0 Å². The highest BCUT2D eigenvalue weighted by atomic mass is 16.6. The number of nitrogens with one attached hydrogen (secondary N) is 2. The number of nitro benzene ring substituents is 1. The predicted molar refractivity (Wildman–Crippen MR) is 86.2 cm³/mol. The first-order chi connectivity index (χ1) is 11.8. The number of esters is 1. The summed E-state index contributed by atoms with van der Waals surface area (Å²) in [5.74, 6) is -2.64. The van der Waals surface area contributed by atoms with Crippen LogP contribution in [0.15, 0.2) is 29.1 Å². The van der Waals surface area contributed by atoms with Crippen molar-refractivity contribution in [1.82, 2.24) is 10.2 Å². The summed E-state index contributed by atoms with van der Waals surface area (Å²) in [6.45, 7) is 1.48. The molecule has 1 heterocycles. The molecule has 0 saturated heterocycles. The van der Waals surface area contributed by atoms with Crippen molar-refractivity contribution < 1.29 is 19.6 Å². The fourth-order valence-electron chi connectivity index (χ4n) is 3.57. The van der Waals surface area contributed by atoms with Gasteiger partial charge in [-0.2, -0.15) is 0 Å². The van der Waals surface area contributed by atoms with Crippen molar-refractivity contribution in [2.75, 3.05) is 7.11 Å². The summed E-state index contributed by atoms with van der Waals surface area (Å²) in [7, 11) is 1.19. The van der Waals surface area contributed by atoms with E-state index in [1.807, 2.05) is 0 Å². The van der Waals surface area contributed by atoms with E-state index in [0.29, 0.717) is 11.3 Å². The van der Waals surface area contributed by atoms with Crippen LogP contribution in [-0.4, -0.2) is 38.9 Å². The van der Waals surface area contributed by atoms with E-state index >= 15 is 0 Å². The van der Waals surface area contributed by atoms with Crippen LogP contribution in [-0.2, 0) is 16.0 Å². The van der Waals surface area contributed by atoms with Gasteiger partial charge in [0.15, 0.2) is 0 Å². The number of hydrogen-bond donors (Lipinski definition) is 3. The van der Waals surface area contributed by atoms with Crippen LogP contribution in [0.2, 0.25) is 0 Å².